The van der Waals surface area contributed by atoms with E-state index < -0.39 is 17.8 Å². The molecule has 1 heterocycles. The number of amides is 2. The molecule has 1 N–H and O–H groups in total. The average Bonchev–Trinajstić information content (AvgIpc) is 3.48. The van der Waals surface area contributed by atoms with E-state index in [-0.39, 0.29) is 24.2 Å². The molecule has 3 aromatic rings. The number of benzene rings is 2. The number of halogens is 1. The number of para-hydroxylation sites is 1. The van der Waals surface area contributed by atoms with E-state index in [2.05, 4.69) is 20.7 Å². The van der Waals surface area contributed by atoms with Crippen LogP contribution in [0.3, 0.4) is 0 Å². The summed E-state index contributed by atoms with van der Waals surface area (Å²) in [6.45, 7) is 3.30. The SMILES string of the molecule is Cc1ccc(-c2nnn(CC(=O)N(c3ccccc3F)[C@H](C)C(=O)NC3CCCC3)n2)cc1. The van der Waals surface area contributed by atoms with Crippen molar-refractivity contribution in [1.82, 2.24) is 25.5 Å². The van der Waals surface area contributed by atoms with Crippen molar-refractivity contribution in [3.8, 4) is 11.4 Å². The van der Waals surface area contributed by atoms with Gasteiger partial charge < -0.3 is 5.32 Å². The zero-order valence-corrected chi connectivity index (χ0v) is 18.7. The molecule has 0 bridgehead atoms. The highest BCUT2D eigenvalue weighted by Crippen LogP contribution is 2.23. The Balaban J connectivity index is 1.55. The third-order valence-electron chi connectivity index (χ3n) is 5.89. The Bertz CT molecular complexity index is 1120. The quantitative estimate of drug-likeness (QED) is 0.596. The maximum absolute atomic E-state index is 14.6. The van der Waals surface area contributed by atoms with Crippen molar-refractivity contribution >= 4 is 17.5 Å². The van der Waals surface area contributed by atoms with E-state index in [1.165, 1.54) is 23.1 Å². The van der Waals surface area contributed by atoms with Crippen molar-refractivity contribution in [1.29, 1.82) is 0 Å². The molecule has 1 atom stereocenters. The van der Waals surface area contributed by atoms with Gasteiger partial charge in [-0.2, -0.15) is 4.80 Å². The lowest BCUT2D eigenvalue weighted by molar-refractivity contribution is -0.127. The van der Waals surface area contributed by atoms with Crippen LogP contribution in [-0.2, 0) is 16.1 Å². The third-order valence-corrected chi connectivity index (χ3v) is 5.89. The highest BCUT2D eigenvalue weighted by Gasteiger charge is 2.31. The Morgan fingerprint density at radius 1 is 1.15 bits per heavy atom. The lowest BCUT2D eigenvalue weighted by atomic mass is 10.1. The molecule has 8 nitrogen and oxygen atoms in total. The van der Waals surface area contributed by atoms with Crippen molar-refractivity contribution in [3.63, 3.8) is 0 Å². The van der Waals surface area contributed by atoms with Gasteiger partial charge in [0.05, 0.1) is 5.69 Å². The van der Waals surface area contributed by atoms with Gasteiger partial charge in [0.2, 0.25) is 11.7 Å². The maximum atomic E-state index is 14.6. The molecule has 2 amide bonds. The molecular weight excluding hydrogens is 423 g/mol. The number of tetrazole rings is 1. The standard InChI is InChI=1S/C24H27FN6O2/c1-16-11-13-18(14-12-16)23-27-29-30(28-23)15-22(32)31(21-10-6-5-9-20(21)25)17(2)24(33)26-19-7-3-4-8-19/h5-6,9-14,17,19H,3-4,7-8,15H2,1-2H3,(H,26,33)/t17-/m1/s1. The summed E-state index contributed by atoms with van der Waals surface area (Å²) in [6, 6.07) is 12.7. The van der Waals surface area contributed by atoms with Crippen LogP contribution in [0.25, 0.3) is 11.4 Å². The van der Waals surface area contributed by atoms with E-state index in [0.717, 1.165) is 41.6 Å². The molecule has 1 aliphatic carbocycles. The fraction of sp³-hybridized carbons (Fsp3) is 0.375. The fourth-order valence-corrected chi connectivity index (χ4v) is 4.04. The summed E-state index contributed by atoms with van der Waals surface area (Å²) in [5.41, 5.74) is 1.91. The van der Waals surface area contributed by atoms with E-state index in [4.69, 9.17) is 0 Å². The number of carbonyl (C=O) groups is 2. The number of carbonyl (C=O) groups excluding carboxylic acids is 2. The summed E-state index contributed by atoms with van der Waals surface area (Å²) in [4.78, 5) is 28.5. The zero-order chi connectivity index (χ0) is 23.4. The summed E-state index contributed by atoms with van der Waals surface area (Å²) in [7, 11) is 0. The molecule has 0 spiro atoms. The van der Waals surface area contributed by atoms with Crippen LogP contribution in [0.2, 0.25) is 0 Å². The number of nitrogens with zero attached hydrogens (tertiary/aromatic N) is 5. The molecule has 1 saturated carbocycles. The smallest absolute Gasteiger partial charge is 0.251 e. The van der Waals surface area contributed by atoms with E-state index in [1.807, 2.05) is 31.2 Å². The number of anilines is 1. The van der Waals surface area contributed by atoms with Crippen LogP contribution >= 0.6 is 0 Å². The average molecular weight is 451 g/mol. The monoisotopic (exact) mass is 450 g/mol. The second-order valence-electron chi connectivity index (χ2n) is 8.39. The predicted octanol–water partition coefficient (Wildman–Crippen LogP) is 3.27. The minimum atomic E-state index is -0.907. The second-order valence-corrected chi connectivity index (χ2v) is 8.39. The number of aryl methyl sites for hydroxylation is 1. The molecular formula is C24H27FN6O2. The van der Waals surface area contributed by atoms with Crippen molar-refractivity contribution in [2.24, 2.45) is 0 Å². The fourth-order valence-electron chi connectivity index (χ4n) is 4.04. The molecule has 4 rings (SSSR count). The highest BCUT2D eigenvalue weighted by molar-refractivity contribution is 6.00. The van der Waals surface area contributed by atoms with Gasteiger partial charge in [-0.1, -0.05) is 54.8 Å². The minimum Gasteiger partial charge on any atom is -0.352 e. The second kappa shape index (κ2) is 9.89. The van der Waals surface area contributed by atoms with Gasteiger partial charge >= 0.3 is 0 Å². The predicted molar refractivity (Wildman–Crippen MR) is 122 cm³/mol. The molecule has 0 aliphatic heterocycles. The van der Waals surface area contributed by atoms with Crippen molar-refractivity contribution in [2.75, 3.05) is 4.90 Å². The first-order valence-corrected chi connectivity index (χ1v) is 11.1. The van der Waals surface area contributed by atoms with E-state index in [0.29, 0.717) is 5.82 Å². The van der Waals surface area contributed by atoms with Crippen LogP contribution in [0.15, 0.2) is 48.5 Å². The van der Waals surface area contributed by atoms with Crippen LogP contribution < -0.4 is 10.2 Å². The number of hydrogen-bond donors (Lipinski definition) is 1. The van der Waals surface area contributed by atoms with Gasteiger partial charge in [0.15, 0.2) is 0 Å². The van der Waals surface area contributed by atoms with Gasteiger partial charge in [-0.15, -0.1) is 10.2 Å². The first-order chi connectivity index (χ1) is 15.9. The van der Waals surface area contributed by atoms with E-state index in [9.17, 15) is 14.0 Å². The van der Waals surface area contributed by atoms with Gasteiger partial charge in [-0.25, -0.2) is 4.39 Å². The highest BCUT2D eigenvalue weighted by atomic mass is 19.1. The van der Waals surface area contributed by atoms with E-state index in [1.54, 1.807) is 13.0 Å². The molecule has 2 aromatic carbocycles. The lowest BCUT2D eigenvalue weighted by Crippen LogP contribution is -2.51. The van der Waals surface area contributed by atoms with Crippen LogP contribution in [0, 0.1) is 12.7 Å². The number of hydrogen-bond acceptors (Lipinski definition) is 5. The Morgan fingerprint density at radius 2 is 1.85 bits per heavy atom. The number of rotatable bonds is 7. The van der Waals surface area contributed by atoms with Crippen LogP contribution in [-0.4, -0.2) is 44.1 Å². The Hall–Kier alpha value is -3.62. The van der Waals surface area contributed by atoms with Crippen LogP contribution in [0.5, 0.6) is 0 Å². The number of aromatic nitrogens is 4. The topological polar surface area (TPSA) is 93.0 Å². The Kier molecular flexibility index (Phi) is 6.76. The summed E-state index contributed by atoms with van der Waals surface area (Å²) < 4.78 is 14.6. The molecule has 172 valence electrons. The first-order valence-electron chi connectivity index (χ1n) is 11.1. The molecule has 1 aliphatic rings. The minimum absolute atomic E-state index is 0.0374. The molecule has 9 heteroatoms. The van der Waals surface area contributed by atoms with Gasteiger partial charge in [-0.05, 0) is 44.0 Å². The van der Waals surface area contributed by atoms with E-state index >= 15 is 0 Å². The molecule has 1 aromatic heterocycles. The molecule has 0 saturated heterocycles. The van der Waals surface area contributed by atoms with Gasteiger partial charge in [0.25, 0.3) is 5.91 Å². The van der Waals surface area contributed by atoms with Crippen LogP contribution in [0.4, 0.5) is 10.1 Å². The summed E-state index contributed by atoms with van der Waals surface area (Å²) >= 11 is 0. The molecule has 1 fully saturated rings. The van der Waals surface area contributed by atoms with Crippen molar-refractivity contribution in [2.45, 2.75) is 58.2 Å². The van der Waals surface area contributed by atoms with Crippen molar-refractivity contribution < 1.29 is 14.0 Å². The normalized spacial score (nSPS) is 14.8. The Morgan fingerprint density at radius 3 is 2.55 bits per heavy atom. The first kappa shape index (κ1) is 22.6. The summed E-state index contributed by atoms with van der Waals surface area (Å²) in [5, 5.41) is 15.3. The summed E-state index contributed by atoms with van der Waals surface area (Å²) in [5.74, 6) is -1.03. The molecule has 33 heavy (non-hydrogen) atoms. The maximum Gasteiger partial charge on any atom is 0.251 e. The third kappa shape index (κ3) is 5.24. The van der Waals surface area contributed by atoms with Gasteiger partial charge in [0.1, 0.15) is 18.4 Å². The lowest BCUT2D eigenvalue weighted by Gasteiger charge is -2.29. The molecule has 0 unspecified atom stereocenters. The molecule has 0 radical (unpaired) electrons. The zero-order valence-electron chi connectivity index (χ0n) is 18.7. The van der Waals surface area contributed by atoms with Crippen LogP contribution in [0.1, 0.15) is 38.2 Å². The largest absolute Gasteiger partial charge is 0.352 e. The number of nitrogens with one attached hydrogen (secondary N) is 1. The summed E-state index contributed by atoms with van der Waals surface area (Å²) in [6.07, 6.45) is 3.96. The Labute approximate surface area is 191 Å². The van der Waals surface area contributed by atoms with Gasteiger partial charge in [-0.3, -0.25) is 14.5 Å². The van der Waals surface area contributed by atoms with Crippen molar-refractivity contribution in [3.05, 3.63) is 59.9 Å². The van der Waals surface area contributed by atoms with Gasteiger partial charge in [0, 0.05) is 11.6 Å².